The lowest BCUT2D eigenvalue weighted by atomic mass is 9.89. The molecular formula is C19H29NO. The lowest BCUT2D eigenvalue weighted by Crippen LogP contribution is -2.30. The Morgan fingerprint density at radius 1 is 1.24 bits per heavy atom. The van der Waals surface area contributed by atoms with Crippen molar-refractivity contribution in [3.05, 3.63) is 29.3 Å². The number of hydrogen-bond acceptors (Lipinski definition) is 2. The third kappa shape index (κ3) is 3.79. The highest BCUT2D eigenvalue weighted by atomic mass is 16.5. The zero-order chi connectivity index (χ0) is 14.7. The molecule has 1 aliphatic heterocycles. The van der Waals surface area contributed by atoms with Crippen LogP contribution in [-0.2, 0) is 12.8 Å². The maximum absolute atomic E-state index is 5.59. The van der Waals surface area contributed by atoms with Crippen LogP contribution in [0.3, 0.4) is 0 Å². The molecule has 21 heavy (non-hydrogen) atoms. The number of fused-ring (bicyclic) bond motifs is 1. The standard InChI is InChI=1S/C19H29NO/c1-14(2)20-13-18-5-3-4-16(18)8-6-15-7-9-19-17(12-15)10-11-21-19/h7,9,12,14,16,18,20H,3-6,8,10-11,13H2,1-2H3. The molecule has 0 aromatic heterocycles. The van der Waals surface area contributed by atoms with Crippen LogP contribution in [0.15, 0.2) is 18.2 Å². The van der Waals surface area contributed by atoms with Crippen LogP contribution in [0.1, 0.15) is 50.7 Å². The number of aryl methyl sites for hydroxylation is 1. The highest BCUT2D eigenvalue weighted by Crippen LogP contribution is 2.35. The summed E-state index contributed by atoms with van der Waals surface area (Å²) in [6.45, 7) is 6.57. The number of ether oxygens (including phenoxy) is 1. The van der Waals surface area contributed by atoms with E-state index in [0.717, 1.165) is 30.6 Å². The molecule has 0 amide bonds. The van der Waals surface area contributed by atoms with Crippen molar-refractivity contribution < 1.29 is 4.74 Å². The number of rotatable bonds is 6. The van der Waals surface area contributed by atoms with E-state index < -0.39 is 0 Å². The Labute approximate surface area is 129 Å². The van der Waals surface area contributed by atoms with Gasteiger partial charge in [-0.1, -0.05) is 38.8 Å². The molecule has 1 heterocycles. The molecule has 0 saturated heterocycles. The third-order valence-corrected chi connectivity index (χ3v) is 5.16. The summed E-state index contributed by atoms with van der Waals surface area (Å²) in [6.07, 6.45) is 7.95. The van der Waals surface area contributed by atoms with Gasteiger partial charge in [0.15, 0.2) is 0 Å². The largest absolute Gasteiger partial charge is 0.493 e. The predicted octanol–water partition coefficient (Wildman–Crippen LogP) is 3.97. The molecule has 2 nitrogen and oxygen atoms in total. The Hall–Kier alpha value is -1.02. The summed E-state index contributed by atoms with van der Waals surface area (Å²) < 4.78 is 5.59. The summed E-state index contributed by atoms with van der Waals surface area (Å²) in [5.74, 6) is 2.92. The first kappa shape index (κ1) is 14.9. The molecule has 3 rings (SSSR count). The Morgan fingerprint density at radius 3 is 2.95 bits per heavy atom. The zero-order valence-electron chi connectivity index (χ0n) is 13.5. The Morgan fingerprint density at radius 2 is 2.10 bits per heavy atom. The van der Waals surface area contributed by atoms with Gasteiger partial charge in [0.25, 0.3) is 0 Å². The van der Waals surface area contributed by atoms with E-state index in [0.29, 0.717) is 6.04 Å². The van der Waals surface area contributed by atoms with Crippen molar-refractivity contribution in [2.24, 2.45) is 11.8 Å². The fourth-order valence-electron chi connectivity index (χ4n) is 3.90. The highest BCUT2D eigenvalue weighted by molar-refractivity contribution is 5.39. The summed E-state index contributed by atoms with van der Waals surface area (Å²) in [5, 5.41) is 3.63. The Bertz CT molecular complexity index is 469. The topological polar surface area (TPSA) is 21.3 Å². The molecule has 1 aromatic rings. The van der Waals surface area contributed by atoms with Gasteiger partial charge in [-0.25, -0.2) is 0 Å². The second-order valence-electron chi connectivity index (χ2n) is 7.09. The van der Waals surface area contributed by atoms with Crippen molar-refractivity contribution in [1.82, 2.24) is 5.32 Å². The van der Waals surface area contributed by atoms with Gasteiger partial charge in [-0.2, -0.15) is 0 Å². The van der Waals surface area contributed by atoms with E-state index in [1.54, 1.807) is 0 Å². The lowest BCUT2D eigenvalue weighted by molar-refractivity contribution is 0.338. The summed E-state index contributed by atoms with van der Waals surface area (Å²) in [4.78, 5) is 0. The second-order valence-corrected chi connectivity index (χ2v) is 7.09. The molecule has 2 atom stereocenters. The van der Waals surface area contributed by atoms with Crippen molar-refractivity contribution in [1.29, 1.82) is 0 Å². The van der Waals surface area contributed by atoms with Gasteiger partial charge in [-0.15, -0.1) is 0 Å². The first-order valence-electron chi connectivity index (χ1n) is 8.70. The summed E-state index contributed by atoms with van der Waals surface area (Å²) in [5.41, 5.74) is 2.92. The van der Waals surface area contributed by atoms with E-state index >= 15 is 0 Å². The minimum absolute atomic E-state index is 0.614. The van der Waals surface area contributed by atoms with E-state index in [2.05, 4.69) is 37.4 Å². The Kier molecular flexibility index (Phi) is 4.84. The van der Waals surface area contributed by atoms with E-state index in [1.807, 2.05) is 0 Å². The summed E-state index contributed by atoms with van der Waals surface area (Å²) in [7, 11) is 0. The quantitative estimate of drug-likeness (QED) is 0.855. The second kappa shape index (κ2) is 6.83. The van der Waals surface area contributed by atoms with Gasteiger partial charge in [0.05, 0.1) is 6.61 Å². The van der Waals surface area contributed by atoms with Crippen LogP contribution in [0.2, 0.25) is 0 Å². The molecule has 1 N–H and O–H groups in total. The van der Waals surface area contributed by atoms with E-state index in [9.17, 15) is 0 Å². The fourth-order valence-corrected chi connectivity index (χ4v) is 3.90. The van der Waals surface area contributed by atoms with Crippen LogP contribution in [0.4, 0.5) is 0 Å². The SMILES string of the molecule is CC(C)NCC1CCCC1CCc1ccc2c(c1)CCO2. The van der Waals surface area contributed by atoms with Crippen LogP contribution in [0.25, 0.3) is 0 Å². The van der Waals surface area contributed by atoms with Crippen LogP contribution in [0, 0.1) is 11.8 Å². The molecule has 0 radical (unpaired) electrons. The first-order chi connectivity index (χ1) is 10.2. The fraction of sp³-hybridized carbons (Fsp3) is 0.684. The van der Waals surface area contributed by atoms with E-state index in [1.165, 1.54) is 49.8 Å². The van der Waals surface area contributed by atoms with Crippen LogP contribution < -0.4 is 10.1 Å². The van der Waals surface area contributed by atoms with Gasteiger partial charge >= 0.3 is 0 Å². The number of hydrogen-bond donors (Lipinski definition) is 1. The van der Waals surface area contributed by atoms with Gasteiger partial charge in [0.2, 0.25) is 0 Å². The van der Waals surface area contributed by atoms with Crippen molar-refractivity contribution >= 4 is 0 Å². The van der Waals surface area contributed by atoms with Gasteiger partial charge in [0.1, 0.15) is 5.75 Å². The molecule has 1 saturated carbocycles. The highest BCUT2D eigenvalue weighted by Gasteiger charge is 2.26. The first-order valence-corrected chi connectivity index (χ1v) is 8.70. The molecule has 1 fully saturated rings. The van der Waals surface area contributed by atoms with Gasteiger partial charge in [0, 0.05) is 12.5 Å². The molecule has 116 valence electrons. The smallest absolute Gasteiger partial charge is 0.122 e. The molecular weight excluding hydrogens is 258 g/mol. The lowest BCUT2D eigenvalue weighted by Gasteiger charge is -2.21. The summed E-state index contributed by atoms with van der Waals surface area (Å²) >= 11 is 0. The van der Waals surface area contributed by atoms with Crippen molar-refractivity contribution in [2.45, 2.75) is 58.4 Å². The minimum atomic E-state index is 0.614. The molecule has 1 aliphatic carbocycles. The molecule has 0 spiro atoms. The molecule has 0 bridgehead atoms. The molecule has 2 unspecified atom stereocenters. The van der Waals surface area contributed by atoms with Crippen molar-refractivity contribution in [3.63, 3.8) is 0 Å². The number of benzene rings is 1. The molecule has 1 aromatic carbocycles. The monoisotopic (exact) mass is 287 g/mol. The summed E-state index contributed by atoms with van der Waals surface area (Å²) in [6, 6.07) is 7.42. The van der Waals surface area contributed by atoms with E-state index in [4.69, 9.17) is 4.74 Å². The average molecular weight is 287 g/mol. The van der Waals surface area contributed by atoms with E-state index in [-0.39, 0.29) is 0 Å². The zero-order valence-corrected chi connectivity index (χ0v) is 13.5. The third-order valence-electron chi connectivity index (χ3n) is 5.16. The number of nitrogens with one attached hydrogen (secondary N) is 1. The van der Waals surface area contributed by atoms with Crippen LogP contribution >= 0.6 is 0 Å². The van der Waals surface area contributed by atoms with Gasteiger partial charge < -0.3 is 10.1 Å². The van der Waals surface area contributed by atoms with Gasteiger partial charge in [-0.3, -0.25) is 0 Å². The maximum Gasteiger partial charge on any atom is 0.122 e. The minimum Gasteiger partial charge on any atom is -0.493 e. The van der Waals surface area contributed by atoms with Crippen molar-refractivity contribution in [2.75, 3.05) is 13.2 Å². The van der Waals surface area contributed by atoms with Crippen LogP contribution in [0.5, 0.6) is 5.75 Å². The van der Waals surface area contributed by atoms with Crippen molar-refractivity contribution in [3.8, 4) is 5.75 Å². The average Bonchev–Trinajstić information content (AvgIpc) is 3.11. The van der Waals surface area contributed by atoms with Crippen LogP contribution in [-0.4, -0.2) is 19.2 Å². The predicted molar refractivity (Wildman–Crippen MR) is 87.9 cm³/mol. The molecule has 2 heteroatoms. The maximum atomic E-state index is 5.59. The normalized spacial score (nSPS) is 24.3. The Balaban J connectivity index is 1.52. The van der Waals surface area contributed by atoms with Gasteiger partial charge in [-0.05, 0) is 54.8 Å². The molecule has 2 aliphatic rings.